The van der Waals surface area contributed by atoms with Gasteiger partial charge in [0.2, 0.25) is 0 Å². The van der Waals surface area contributed by atoms with Crippen molar-refractivity contribution in [2.45, 2.75) is 12.5 Å². The monoisotopic (exact) mass is 300 g/mol. The molecule has 4 heteroatoms. The molecule has 1 aromatic carbocycles. The van der Waals surface area contributed by atoms with Gasteiger partial charge in [0.25, 0.3) is 0 Å². The lowest BCUT2D eigenvalue weighted by atomic mass is 10.1. The van der Waals surface area contributed by atoms with Crippen molar-refractivity contribution in [3.8, 4) is 0 Å². The van der Waals surface area contributed by atoms with Crippen LogP contribution in [0.15, 0.2) is 40.2 Å². The average Bonchev–Trinajstić information content (AvgIpc) is 2.70. The van der Waals surface area contributed by atoms with Crippen LogP contribution in [0.25, 0.3) is 0 Å². The topological polar surface area (TPSA) is 20.2 Å². The number of rotatable bonds is 3. The Balaban J connectivity index is 2.17. The highest BCUT2D eigenvalue weighted by Gasteiger charge is 2.13. The lowest BCUT2D eigenvalue weighted by Crippen LogP contribution is -2.01. The Morgan fingerprint density at radius 1 is 1.38 bits per heavy atom. The van der Waals surface area contributed by atoms with Crippen LogP contribution in [0, 0.1) is 5.82 Å². The molecule has 0 saturated carbocycles. The van der Waals surface area contributed by atoms with Gasteiger partial charge < -0.3 is 5.11 Å². The van der Waals surface area contributed by atoms with Gasteiger partial charge in [-0.1, -0.05) is 28.1 Å². The van der Waals surface area contributed by atoms with Crippen molar-refractivity contribution in [3.05, 3.63) is 56.4 Å². The van der Waals surface area contributed by atoms with Crippen LogP contribution in [0.5, 0.6) is 0 Å². The summed E-state index contributed by atoms with van der Waals surface area (Å²) in [5.41, 5.74) is 0.717. The van der Waals surface area contributed by atoms with Crippen molar-refractivity contribution in [1.82, 2.24) is 0 Å². The normalized spacial score (nSPS) is 12.7. The highest BCUT2D eigenvalue weighted by Crippen LogP contribution is 2.27. The molecule has 1 aromatic heterocycles. The van der Waals surface area contributed by atoms with Gasteiger partial charge in [-0.3, -0.25) is 0 Å². The zero-order chi connectivity index (χ0) is 11.5. The maximum Gasteiger partial charge on any atom is 0.124 e. The fourth-order valence-electron chi connectivity index (χ4n) is 1.50. The van der Waals surface area contributed by atoms with Gasteiger partial charge in [0.1, 0.15) is 5.82 Å². The molecule has 16 heavy (non-hydrogen) atoms. The highest BCUT2D eigenvalue weighted by molar-refractivity contribution is 9.10. The van der Waals surface area contributed by atoms with Crippen molar-refractivity contribution in [2.24, 2.45) is 0 Å². The van der Waals surface area contributed by atoms with Crippen molar-refractivity contribution in [1.29, 1.82) is 0 Å². The second-order valence-electron chi connectivity index (χ2n) is 3.47. The molecule has 0 saturated heterocycles. The molecule has 1 atom stereocenters. The largest absolute Gasteiger partial charge is 0.388 e. The number of aliphatic hydroxyl groups is 1. The lowest BCUT2D eigenvalue weighted by molar-refractivity contribution is 0.178. The molecule has 0 amide bonds. The molecule has 2 rings (SSSR count). The van der Waals surface area contributed by atoms with Gasteiger partial charge in [-0.15, -0.1) is 11.3 Å². The zero-order valence-electron chi connectivity index (χ0n) is 8.36. The average molecular weight is 301 g/mol. The predicted molar refractivity (Wildman–Crippen MR) is 67.1 cm³/mol. The number of benzene rings is 1. The van der Waals surface area contributed by atoms with Crippen LogP contribution in [0.2, 0.25) is 0 Å². The third-order valence-corrected chi connectivity index (χ3v) is 3.88. The lowest BCUT2D eigenvalue weighted by Gasteiger charge is -2.11. The summed E-state index contributed by atoms with van der Waals surface area (Å²) in [6.45, 7) is 0. The van der Waals surface area contributed by atoms with E-state index in [1.54, 1.807) is 17.4 Å². The predicted octanol–water partition coefficient (Wildman–Crippen LogP) is 3.93. The van der Waals surface area contributed by atoms with E-state index in [2.05, 4.69) is 15.9 Å². The van der Waals surface area contributed by atoms with Crippen LogP contribution in [0.3, 0.4) is 0 Å². The number of hydrogen-bond donors (Lipinski definition) is 1. The zero-order valence-corrected chi connectivity index (χ0v) is 10.8. The van der Waals surface area contributed by atoms with Gasteiger partial charge in [-0.05, 0) is 29.1 Å². The number of aliphatic hydroxyl groups excluding tert-OH is 1. The summed E-state index contributed by atoms with van der Waals surface area (Å²) in [5, 5.41) is 12.0. The van der Waals surface area contributed by atoms with E-state index in [0.717, 1.165) is 10.4 Å². The van der Waals surface area contributed by atoms with Crippen LogP contribution in [-0.4, -0.2) is 5.11 Å². The Labute approximate surface area is 106 Å². The standard InChI is InChI=1S/C12H10BrFOS/c13-11-6-8(14)3-4-10(11)12(15)7-9-2-1-5-16-9/h1-6,12,15H,7H2. The van der Waals surface area contributed by atoms with E-state index >= 15 is 0 Å². The van der Waals surface area contributed by atoms with Gasteiger partial charge in [-0.25, -0.2) is 4.39 Å². The first-order chi connectivity index (χ1) is 7.66. The minimum atomic E-state index is -0.603. The van der Waals surface area contributed by atoms with Crippen molar-refractivity contribution >= 4 is 27.3 Å². The molecule has 1 heterocycles. The summed E-state index contributed by atoms with van der Waals surface area (Å²) in [5.74, 6) is -0.307. The van der Waals surface area contributed by atoms with Crippen LogP contribution in [0.4, 0.5) is 4.39 Å². The first-order valence-corrected chi connectivity index (χ1v) is 6.49. The summed E-state index contributed by atoms with van der Waals surface area (Å²) in [6.07, 6.45) is -0.0457. The van der Waals surface area contributed by atoms with E-state index in [1.807, 2.05) is 17.5 Å². The molecule has 0 radical (unpaired) electrons. The Bertz CT molecular complexity index is 470. The maximum atomic E-state index is 12.9. The first kappa shape index (κ1) is 11.8. The molecular weight excluding hydrogens is 291 g/mol. The third-order valence-electron chi connectivity index (χ3n) is 2.30. The summed E-state index contributed by atoms with van der Waals surface area (Å²) >= 11 is 4.86. The Kier molecular flexibility index (Phi) is 3.74. The van der Waals surface area contributed by atoms with Crippen molar-refractivity contribution < 1.29 is 9.50 Å². The Morgan fingerprint density at radius 2 is 2.19 bits per heavy atom. The van der Waals surface area contributed by atoms with E-state index in [1.165, 1.54) is 12.1 Å². The molecule has 1 nitrogen and oxygen atoms in total. The fourth-order valence-corrected chi connectivity index (χ4v) is 2.86. The molecule has 84 valence electrons. The van der Waals surface area contributed by atoms with Gasteiger partial charge in [0.05, 0.1) is 6.10 Å². The molecule has 2 aromatic rings. The van der Waals surface area contributed by atoms with E-state index in [4.69, 9.17) is 0 Å². The minimum absolute atomic E-state index is 0.307. The van der Waals surface area contributed by atoms with Gasteiger partial charge in [0.15, 0.2) is 0 Å². The molecule has 1 N–H and O–H groups in total. The second-order valence-corrected chi connectivity index (χ2v) is 5.35. The number of thiophene rings is 1. The Hall–Kier alpha value is -0.710. The molecule has 0 fully saturated rings. The molecule has 0 aliphatic rings. The fraction of sp³-hybridized carbons (Fsp3) is 0.167. The van der Waals surface area contributed by atoms with Crippen LogP contribution >= 0.6 is 27.3 Å². The third kappa shape index (κ3) is 2.70. The summed E-state index contributed by atoms with van der Waals surface area (Å²) in [4.78, 5) is 1.11. The van der Waals surface area contributed by atoms with E-state index in [9.17, 15) is 9.50 Å². The van der Waals surface area contributed by atoms with Crippen LogP contribution in [-0.2, 0) is 6.42 Å². The summed E-state index contributed by atoms with van der Waals surface area (Å²) in [6, 6.07) is 8.26. The van der Waals surface area contributed by atoms with E-state index in [0.29, 0.717) is 10.9 Å². The summed E-state index contributed by atoms with van der Waals surface area (Å²) < 4.78 is 13.5. The van der Waals surface area contributed by atoms with Crippen LogP contribution in [0.1, 0.15) is 16.5 Å². The molecule has 1 unspecified atom stereocenters. The molecule has 0 spiro atoms. The van der Waals surface area contributed by atoms with Gasteiger partial charge in [-0.2, -0.15) is 0 Å². The molecular formula is C12H10BrFOS. The minimum Gasteiger partial charge on any atom is -0.388 e. The quantitative estimate of drug-likeness (QED) is 0.911. The summed E-state index contributed by atoms with van der Waals surface area (Å²) in [7, 11) is 0. The highest BCUT2D eigenvalue weighted by atomic mass is 79.9. The smallest absolute Gasteiger partial charge is 0.124 e. The molecule has 0 bridgehead atoms. The van der Waals surface area contributed by atoms with Crippen molar-refractivity contribution in [2.75, 3.05) is 0 Å². The van der Waals surface area contributed by atoms with E-state index in [-0.39, 0.29) is 5.82 Å². The van der Waals surface area contributed by atoms with Gasteiger partial charge in [0, 0.05) is 15.8 Å². The molecule has 0 aliphatic heterocycles. The number of hydrogen-bond acceptors (Lipinski definition) is 2. The van der Waals surface area contributed by atoms with Crippen molar-refractivity contribution in [3.63, 3.8) is 0 Å². The van der Waals surface area contributed by atoms with Crippen LogP contribution < -0.4 is 0 Å². The Morgan fingerprint density at radius 3 is 2.81 bits per heavy atom. The SMILES string of the molecule is OC(Cc1cccs1)c1ccc(F)cc1Br. The molecule has 0 aliphatic carbocycles. The second kappa shape index (κ2) is 5.08. The maximum absolute atomic E-state index is 12.9. The van der Waals surface area contributed by atoms with E-state index < -0.39 is 6.10 Å². The van der Waals surface area contributed by atoms with Gasteiger partial charge >= 0.3 is 0 Å². The first-order valence-electron chi connectivity index (χ1n) is 4.82. The number of halogens is 2.